The summed E-state index contributed by atoms with van der Waals surface area (Å²) in [6.07, 6.45) is 6.84. The van der Waals surface area contributed by atoms with Crippen molar-refractivity contribution >= 4 is 0 Å². The second kappa shape index (κ2) is 5.45. The predicted molar refractivity (Wildman–Crippen MR) is 79.2 cm³/mol. The van der Waals surface area contributed by atoms with Crippen LogP contribution >= 0.6 is 0 Å². The Kier molecular flexibility index (Phi) is 3.82. The summed E-state index contributed by atoms with van der Waals surface area (Å²) in [5.41, 5.74) is 0.282. The third-order valence-electron chi connectivity index (χ3n) is 5.33. The molecule has 0 amide bonds. The second-order valence-corrected chi connectivity index (χ2v) is 6.48. The van der Waals surface area contributed by atoms with Crippen molar-refractivity contribution < 1.29 is 0 Å². The summed E-state index contributed by atoms with van der Waals surface area (Å²) in [5.74, 6) is 1.97. The Labute approximate surface area is 121 Å². The first-order chi connectivity index (χ1) is 9.67. The van der Waals surface area contributed by atoms with Crippen LogP contribution in [0.4, 0.5) is 0 Å². The summed E-state index contributed by atoms with van der Waals surface area (Å²) in [5, 5.41) is 8.05. The molecule has 0 radical (unpaired) electrons. The second-order valence-electron chi connectivity index (χ2n) is 6.48. The first-order valence-electron chi connectivity index (χ1n) is 7.99. The van der Waals surface area contributed by atoms with Gasteiger partial charge in [0, 0.05) is 31.7 Å². The Morgan fingerprint density at radius 3 is 2.65 bits per heavy atom. The molecule has 1 aliphatic carbocycles. The Hall–Kier alpha value is -0.940. The SMILES string of the molecule is CCC1(CC)CN(Cc2ncnn2C)C(C2CC2)CN1. The molecule has 1 aromatic heterocycles. The van der Waals surface area contributed by atoms with Gasteiger partial charge in [0.15, 0.2) is 0 Å². The molecule has 2 heterocycles. The lowest BCUT2D eigenvalue weighted by Gasteiger charge is -2.47. The van der Waals surface area contributed by atoms with Gasteiger partial charge in [-0.2, -0.15) is 5.10 Å². The van der Waals surface area contributed by atoms with Gasteiger partial charge in [-0.1, -0.05) is 13.8 Å². The van der Waals surface area contributed by atoms with Gasteiger partial charge in [-0.15, -0.1) is 0 Å². The van der Waals surface area contributed by atoms with E-state index >= 15 is 0 Å². The minimum absolute atomic E-state index is 0.282. The standard InChI is InChI=1S/C15H27N5/c1-4-15(5-2)10-20(9-14-16-11-18-19(14)3)13(8-17-15)12-6-7-12/h11-13,17H,4-10H2,1-3H3. The minimum atomic E-state index is 0.282. The van der Waals surface area contributed by atoms with Crippen LogP contribution in [0.25, 0.3) is 0 Å². The van der Waals surface area contributed by atoms with Gasteiger partial charge >= 0.3 is 0 Å². The molecular weight excluding hydrogens is 250 g/mol. The molecule has 112 valence electrons. The van der Waals surface area contributed by atoms with Crippen molar-refractivity contribution in [2.75, 3.05) is 13.1 Å². The molecule has 1 saturated heterocycles. The first kappa shape index (κ1) is 14.0. The quantitative estimate of drug-likeness (QED) is 0.887. The number of hydrogen-bond acceptors (Lipinski definition) is 4. The van der Waals surface area contributed by atoms with Gasteiger partial charge in [0.2, 0.25) is 0 Å². The Bertz CT molecular complexity index is 447. The van der Waals surface area contributed by atoms with Crippen molar-refractivity contribution in [2.45, 2.75) is 57.7 Å². The van der Waals surface area contributed by atoms with Gasteiger partial charge in [0.1, 0.15) is 12.2 Å². The Morgan fingerprint density at radius 1 is 1.35 bits per heavy atom. The molecule has 1 atom stereocenters. The highest BCUT2D eigenvalue weighted by Gasteiger charge is 2.43. The van der Waals surface area contributed by atoms with Crippen LogP contribution in [-0.4, -0.2) is 44.3 Å². The van der Waals surface area contributed by atoms with Crippen LogP contribution < -0.4 is 5.32 Å². The van der Waals surface area contributed by atoms with Crippen LogP contribution in [-0.2, 0) is 13.6 Å². The highest BCUT2D eigenvalue weighted by Crippen LogP contribution is 2.38. The molecule has 0 aromatic carbocycles. The van der Waals surface area contributed by atoms with E-state index in [2.05, 4.69) is 34.1 Å². The van der Waals surface area contributed by atoms with Gasteiger partial charge in [0.25, 0.3) is 0 Å². The van der Waals surface area contributed by atoms with Crippen molar-refractivity contribution in [3.05, 3.63) is 12.2 Å². The molecule has 2 aliphatic rings. The maximum atomic E-state index is 4.41. The summed E-state index contributed by atoms with van der Waals surface area (Å²) in [6.45, 7) is 7.79. The lowest BCUT2D eigenvalue weighted by molar-refractivity contribution is 0.0528. The zero-order valence-corrected chi connectivity index (χ0v) is 13.0. The number of aryl methyl sites for hydroxylation is 1. The fourth-order valence-corrected chi connectivity index (χ4v) is 3.50. The molecule has 3 rings (SSSR count). The molecular formula is C15H27N5. The van der Waals surface area contributed by atoms with Crippen LogP contribution in [0.1, 0.15) is 45.4 Å². The Balaban J connectivity index is 1.77. The van der Waals surface area contributed by atoms with E-state index in [1.54, 1.807) is 6.33 Å². The van der Waals surface area contributed by atoms with Gasteiger partial charge < -0.3 is 5.32 Å². The van der Waals surface area contributed by atoms with Gasteiger partial charge in [-0.3, -0.25) is 9.58 Å². The van der Waals surface area contributed by atoms with Gasteiger partial charge in [-0.25, -0.2) is 4.98 Å². The van der Waals surface area contributed by atoms with E-state index in [0.29, 0.717) is 6.04 Å². The number of nitrogens with one attached hydrogen (secondary N) is 1. The van der Waals surface area contributed by atoms with Crippen LogP contribution in [0.5, 0.6) is 0 Å². The zero-order valence-electron chi connectivity index (χ0n) is 13.0. The van der Waals surface area contributed by atoms with E-state index < -0.39 is 0 Å². The third kappa shape index (κ3) is 2.61. The number of nitrogens with zero attached hydrogens (tertiary/aromatic N) is 4. The maximum Gasteiger partial charge on any atom is 0.140 e. The number of hydrogen-bond donors (Lipinski definition) is 1. The van der Waals surface area contributed by atoms with Gasteiger partial charge in [0.05, 0.1) is 6.54 Å². The molecule has 1 unspecified atom stereocenters. The lowest BCUT2D eigenvalue weighted by atomic mass is 9.87. The molecule has 5 heteroatoms. The molecule has 1 aliphatic heterocycles. The Morgan fingerprint density at radius 2 is 2.10 bits per heavy atom. The third-order valence-corrected chi connectivity index (χ3v) is 5.33. The largest absolute Gasteiger partial charge is 0.308 e. The number of aromatic nitrogens is 3. The van der Waals surface area contributed by atoms with E-state index in [0.717, 1.165) is 31.4 Å². The van der Waals surface area contributed by atoms with E-state index in [-0.39, 0.29) is 5.54 Å². The highest BCUT2D eigenvalue weighted by molar-refractivity contribution is 5.02. The zero-order chi connectivity index (χ0) is 14.2. The van der Waals surface area contributed by atoms with Crippen molar-refractivity contribution in [1.82, 2.24) is 25.0 Å². The van der Waals surface area contributed by atoms with Crippen LogP contribution in [0.3, 0.4) is 0 Å². The van der Waals surface area contributed by atoms with Crippen molar-refractivity contribution in [3.63, 3.8) is 0 Å². The molecule has 1 saturated carbocycles. The van der Waals surface area contributed by atoms with Crippen molar-refractivity contribution in [1.29, 1.82) is 0 Å². The van der Waals surface area contributed by atoms with Crippen molar-refractivity contribution in [3.8, 4) is 0 Å². The maximum absolute atomic E-state index is 4.41. The number of piperazine rings is 1. The number of rotatable bonds is 5. The van der Waals surface area contributed by atoms with E-state index in [1.165, 1.54) is 25.7 Å². The normalized spacial score (nSPS) is 26.9. The fourth-order valence-electron chi connectivity index (χ4n) is 3.50. The molecule has 5 nitrogen and oxygen atoms in total. The van der Waals surface area contributed by atoms with E-state index in [9.17, 15) is 0 Å². The summed E-state index contributed by atoms with van der Waals surface area (Å²) >= 11 is 0. The first-order valence-corrected chi connectivity index (χ1v) is 7.99. The average Bonchev–Trinajstić information content (AvgIpc) is 3.23. The van der Waals surface area contributed by atoms with Crippen LogP contribution in [0.2, 0.25) is 0 Å². The average molecular weight is 277 g/mol. The summed E-state index contributed by atoms with van der Waals surface area (Å²) < 4.78 is 1.91. The summed E-state index contributed by atoms with van der Waals surface area (Å²) in [6, 6.07) is 0.679. The van der Waals surface area contributed by atoms with Crippen LogP contribution in [0.15, 0.2) is 6.33 Å². The summed E-state index contributed by atoms with van der Waals surface area (Å²) in [7, 11) is 1.99. The van der Waals surface area contributed by atoms with E-state index in [1.807, 2.05) is 11.7 Å². The monoisotopic (exact) mass is 277 g/mol. The highest BCUT2D eigenvalue weighted by atomic mass is 15.3. The molecule has 1 aromatic rings. The van der Waals surface area contributed by atoms with Gasteiger partial charge in [-0.05, 0) is 31.6 Å². The fraction of sp³-hybridized carbons (Fsp3) is 0.867. The molecule has 0 spiro atoms. The van der Waals surface area contributed by atoms with Crippen molar-refractivity contribution in [2.24, 2.45) is 13.0 Å². The predicted octanol–water partition coefficient (Wildman–Crippen LogP) is 1.56. The summed E-state index contributed by atoms with van der Waals surface area (Å²) in [4.78, 5) is 7.07. The molecule has 1 N–H and O–H groups in total. The topological polar surface area (TPSA) is 46.0 Å². The van der Waals surface area contributed by atoms with E-state index in [4.69, 9.17) is 0 Å². The molecule has 0 bridgehead atoms. The lowest BCUT2D eigenvalue weighted by Crippen LogP contribution is -2.64. The minimum Gasteiger partial charge on any atom is -0.308 e. The molecule has 20 heavy (non-hydrogen) atoms. The van der Waals surface area contributed by atoms with Crippen LogP contribution in [0, 0.1) is 5.92 Å². The molecule has 2 fully saturated rings. The smallest absolute Gasteiger partial charge is 0.140 e.